The summed E-state index contributed by atoms with van der Waals surface area (Å²) in [4.78, 5) is 0. The van der Waals surface area contributed by atoms with Crippen LogP contribution in [0.1, 0.15) is 48.5 Å². The van der Waals surface area contributed by atoms with Gasteiger partial charge in [0.2, 0.25) is 0 Å². The fourth-order valence-corrected chi connectivity index (χ4v) is 4.77. The minimum atomic E-state index is 0.892. The van der Waals surface area contributed by atoms with Crippen LogP contribution in [0.3, 0.4) is 0 Å². The summed E-state index contributed by atoms with van der Waals surface area (Å²) < 4.78 is 0. The third-order valence-corrected chi connectivity index (χ3v) is 6.23. The molecule has 0 nitrogen and oxygen atoms in total. The summed E-state index contributed by atoms with van der Waals surface area (Å²) in [6.45, 7) is 17.2. The lowest BCUT2D eigenvalue weighted by molar-refractivity contribution is 0.270. The number of hydrogen-bond donors (Lipinski definition) is 0. The zero-order valence-electron chi connectivity index (χ0n) is 12.2. The topological polar surface area (TPSA) is 0 Å². The average Bonchev–Trinajstić information content (AvgIpc) is 3.03. The van der Waals surface area contributed by atoms with E-state index >= 15 is 0 Å². The predicted octanol–water partition coefficient (Wildman–Crippen LogP) is 4.70. The van der Waals surface area contributed by atoms with Crippen LogP contribution in [0, 0.1) is 53.3 Å². The van der Waals surface area contributed by atoms with Crippen LogP contribution in [0.15, 0.2) is 0 Å². The van der Waals surface area contributed by atoms with Crippen molar-refractivity contribution in [1.82, 2.24) is 0 Å². The molecule has 0 aliphatic heterocycles. The Morgan fingerprint density at radius 3 is 1.31 bits per heavy atom. The highest BCUT2D eigenvalue weighted by Crippen LogP contribution is 2.60. The second-order valence-electron chi connectivity index (χ2n) is 7.27. The number of hydrogen-bond acceptors (Lipinski definition) is 0. The molecule has 0 N–H and O–H groups in total. The van der Waals surface area contributed by atoms with Gasteiger partial charge in [-0.15, -0.1) is 0 Å². The summed E-state index contributed by atoms with van der Waals surface area (Å²) in [7, 11) is 0. The first-order valence-electron chi connectivity index (χ1n) is 7.37. The summed E-state index contributed by atoms with van der Waals surface area (Å²) in [6.07, 6.45) is 0. The zero-order chi connectivity index (χ0) is 12.2. The third kappa shape index (κ3) is 1.83. The molecule has 0 aromatic rings. The first-order chi connectivity index (χ1) is 7.37. The molecule has 0 bridgehead atoms. The molecule has 7 unspecified atom stereocenters. The molecule has 16 heavy (non-hydrogen) atoms. The fraction of sp³-hybridized carbons (Fsp3) is 1.00. The SMILES string of the molecule is CC(C)C1C(C)C1C(C)C(C)C1C(C)C1C. The first-order valence-corrected chi connectivity index (χ1v) is 7.37. The fourth-order valence-electron chi connectivity index (χ4n) is 4.77. The van der Waals surface area contributed by atoms with Crippen molar-refractivity contribution in [2.45, 2.75) is 48.5 Å². The Hall–Kier alpha value is 0. The van der Waals surface area contributed by atoms with E-state index < -0.39 is 0 Å². The molecular weight excluding hydrogens is 192 g/mol. The molecule has 0 heterocycles. The molecule has 94 valence electrons. The predicted molar refractivity (Wildman–Crippen MR) is 71.1 cm³/mol. The molecule has 2 fully saturated rings. The van der Waals surface area contributed by atoms with Crippen molar-refractivity contribution in [2.75, 3.05) is 0 Å². The lowest BCUT2D eigenvalue weighted by atomic mass is 9.84. The minimum absolute atomic E-state index is 0.892. The van der Waals surface area contributed by atoms with Gasteiger partial charge in [0.25, 0.3) is 0 Å². The Balaban J connectivity index is 1.92. The van der Waals surface area contributed by atoms with Crippen LogP contribution < -0.4 is 0 Å². The Labute approximate surface area is 102 Å². The molecule has 2 saturated carbocycles. The van der Waals surface area contributed by atoms with E-state index in [0.717, 1.165) is 53.3 Å². The van der Waals surface area contributed by atoms with Gasteiger partial charge < -0.3 is 0 Å². The van der Waals surface area contributed by atoms with E-state index in [4.69, 9.17) is 0 Å². The summed E-state index contributed by atoms with van der Waals surface area (Å²) >= 11 is 0. The molecule has 0 aromatic heterocycles. The maximum absolute atomic E-state index is 2.52. The van der Waals surface area contributed by atoms with Crippen LogP contribution in [0.25, 0.3) is 0 Å². The molecule has 0 heteroatoms. The van der Waals surface area contributed by atoms with Crippen LogP contribution in [-0.4, -0.2) is 0 Å². The molecule has 7 atom stereocenters. The van der Waals surface area contributed by atoms with Crippen molar-refractivity contribution >= 4 is 0 Å². The Morgan fingerprint density at radius 2 is 1.00 bits per heavy atom. The maximum Gasteiger partial charge on any atom is -0.0324 e. The molecule has 2 rings (SSSR count). The van der Waals surface area contributed by atoms with Gasteiger partial charge in [0.05, 0.1) is 0 Å². The van der Waals surface area contributed by atoms with E-state index in [1.807, 2.05) is 0 Å². The first kappa shape index (κ1) is 12.5. The van der Waals surface area contributed by atoms with E-state index in [9.17, 15) is 0 Å². The molecule has 0 aromatic carbocycles. The van der Waals surface area contributed by atoms with Gasteiger partial charge in [-0.25, -0.2) is 0 Å². The van der Waals surface area contributed by atoms with Crippen molar-refractivity contribution in [2.24, 2.45) is 53.3 Å². The average molecular weight is 222 g/mol. The highest BCUT2D eigenvalue weighted by Gasteiger charge is 2.55. The molecule has 0 saturated heterocycles. The van der Waals surface area contributed by atoms with E-state index in [-0.39, 0.29) is 0 Å². The summed E-state index contributed by atoms with van der Waals surface area (Å²) in [5.74, 6) is 8.81. The largest absolute Gasteiger partial charge is 0.0625 e. The van der Waals surface area contributed by atoms with Gasteiger partial charge in [-0.3, -0.25) is 0 Å². The van der Waals surface area contributed by atoms with Crippen LogP contribution >= 0.6 is 0 Å². The quantitative estimate of drug-likeness (QED) is 0.647. The molecule has 0 amide bonds. The zero-order valence-corrected chi connectivity index (χ0v) is 12.2. The van der Waals surface area contributed by atoms with Crippen LogP contribution in [0.4, 0.5) is 0 Å². The molecule has 2 aliphatic rings. The van der Waals surface area contributed by atoms with Gasteiger partial charge in [-0.05, 0) is 53.3 Å². The maximum atomic E-state index is 2.52. The number of rotatable bonds is 4. The monoisotopic (exact) mass is 222 g/mol. The Bertz CT molecular complexity index is 236. The van der Waals surface area contributed by atoms with Gasteiger partial charge in [-0.2, -0.15) is 0 Å². The summed E-state index contributed by atoms with van der Waals surface area (Å²) in [6, 6.07) is 0. The van der Waals surface area contributed by atoms with Crippen LogP contribution in [-0.2, 0) is 0 Å². The van der Waals surface area contributed by atoms with Gasteiger partial charge in [0.1, 0.15) is 0 Å². The Morgan fingerprint density at radius 1 is 0.562 bits per heavy atom. The second kappa shape index (κ2) is 4.03. The van der Waals surface area contributed by atoms with Gasteiger partial charge in [0, 0.05) is 0 Å². The highest BCUT2D eigenvalue weighted by molar-refractivity contribution is 5.03. The minimum Gasteiger partial charge on any atom is -0.0625 e. The molecular formula is C16H30. The highest BCUT2D eigenvalue weighted by atomic mass is 14.6. The van der Waals surface area contributed by atoms with Crippen molar-refractivity contribution in [1.29, 1.82) is 0 Å². The standard InChI is InChI=1S/C16H30/c1-8(2)14-13(7)16(14)12(6)11(5)15-9(3)10(15)4/h8-16H,1-7H3. The summed E-state index contributed by atoms with van der Waals surface area (Å²) in [5, 5.41) is 0. The third-order valence-electron chi connectivity index (χ3n) is 6.23. The molecule has 0 radical (unpaired) electrons. The second-order valence-corrected chi connectivity index (χ2v) is 7.27. The van der Waals surface area contributed by atoms with Gasteiger partial charge in [-0.1, -0.05) is 48.5 Å². The van der Waals surface area contributed by atoms with Gasteiger partial charge in [0.15, 0.2) is 0 Å². The van der Waals surface area contributed by atoms with E-state index in [1.165, 1.54) is 0 Å². The Kier molecular flexibility index (Phi) is 3.14. The lowest BCUT2D eigenvalue weighted by Crippen LogP contribution is -2.15. The van der Waals surface area contributed by atoms with Crippen LogP contribution in [0.5, 0.6) is 0 Å². The van der Waals surface area contributed by atoms with Crippen molar-refractivity contribution in [3.8, 4) is 0 Å². The van der Waals surface area contributed by atoms with E-state index in [1.54, 1.807) is 0 Å². The van der Waals surface area contributed by atoms with E-state index in [0.29, 0.717) is 0 Å². The van der Waals surface area contributed by atoms with Crippen molar-refractivity contribution in [3.63, 3.8) is 0 Å². The van der Waals surface area contributed by atoms with Crippen LogP contribution in [0.2, 0.25) is 0 Å². The lowest BCUT2D eigenvalue weighted by Gasteiger charge is -2.21. The molecule has 0 spiro atoms. The van der Waals surface area contributed by atoms with Gasteiger partial charge >= 0.3 is 0 Å². The molecule has 2 aliphatic carbocycles. The smallest absolute Gasteiger partial charge is 0.0324 e. The normalized spacial score (nSPS) is 50.2. The van der Waals surface area contributed by atoms with E-state index in [2.05, 4.69) is 48.5 Å². The van der Waals surface area contributed by atoms with Crippen molar-refractivity contribution in [3.05, 3.63) is 0 Å². The van der Waals surface area contributed by atoms with Crippen molar-refractivity contribution < 1.29 is 0 Å². The summed E-state index contributed by atoms with van der Waals surface area (Å²) in [5.41, 5.74) is 0.